The molecule has 12 heteroatoms. The lowest BCUT2D eigenvalue weighted by Gasteiger charge is -2.28. The van der Waals surface area contributed by atoms with Gasteiger partial charge in [0.15, 0.2) is 0 Å². The van der Waals surface area contributed by atoms with E-state index >= 15 is 0 Å². The summed E-state index contributed by atoms with van der Waals surface area (Å²) in [4.78, 5) is 30.0. The van der Waals surface area contributed by atoms with Crippen molar-refractivity contribution in [3.05, 3.63) is 29.1 Å². The van der Waals surface area contributed by atoms with Gasteiger partial charge in [-0.1, -0.05) is 0 Å². The van der Waals surface area contributed by atoms with Crippen LogP contribution in [0.3, 0.4) is 0 Å². The number of fused-ring (bicyclic) bond motifs is 2. The predicted octanol–water partition coefficient (Wildman–Crippen LogP) is 5.17. The monoisotopic (exact) mass is 507 g/mol. The Hall–Kier alpha value is -3.31. The van der Waals surface area contributed by atoms with Crippen molar-refractivity contribution in [2.24, 2.45) is 0 Å². The van der Waals surface area contributed by atoms with E-state index in [0.717, 1.165) is 30.5 Å². The van der Waals surface area contributed by atoms with Gasteiger partial charge in [0.1, 0.15) is 11.4 Å². The third-order valence-corrected chi connectivity index (χ3v) is 6.62. The molecule has 1 fully saturated rings. The van der Waals surface area contributed by atoms with Gasteiger partial charge >= 0.3 is 18.4 Å². The van der Waals surface area contributed by atoms with E-state index in [9.17, 15) is 22.8 Å². The Labute approximate surface area is 205 Å². The number of rotatable bonds is 2. The van der Waals surface area contributed by atoms with Crippen molar-refractivity contribution in [1.82, 2.24) is 19.7 Å². The number of hydrogen-bond donors (Lipinski definition) is 1. The highest BCUT2D eigenvalue weighted by atomic mass is 19.4. The van der Waals surface area contributed by atoms with Crippen LogP contribution in [0.15, 0.2) is 12.3 Å². The fourth-order valence-electron chi connectivity index (χ4n) is 5.15. The number of nitrogens with one attached hydrogen (secondary N) is 1. The molecule has 0 saturated carbocycles. The number of alkyl halides is 3. The SMILES string of the molecule is CC(C)(C)OC(=O)N1CC[C@H](n2nc(-c3ccnc4c3[C@H](C(F)(F)F)OC(=O)N4)c3c2CCCC3)C1. The number of pyridine rings is 1. The minimum Gasteiger partial charge on any atom is -0.444 e. The number of likely N-dealkylation sites (tertiary alicyclic amines) is 1. The van der Waals surface area contributed by atoms with E-state index in [2.05, 4.69) is 15.0 Å². The normalized spacial score (nSPS) is 21.9. The molecule has 1 N–H and O–H groups in total. The van der Waals surface area contributed by atoms with Gasteiger partial charge in [0, 0.05) is 36.1 Å². The first-order valence-corrected chi connectivity index (χ1v) is 12.0. The molecular formula is C24H28F3N5O4. The van der Waals surface area contributed by atoms with Crippen molar-refractivity contribution in [1.29, 1.82) is 0 Å². The lowest BCUT2D eigenvalue weighted by molar-refractivity contribution is -0.206. The Kier molecular flexibility index (Phi) is 5.87. The number of nitrogens with zero attached hydrogens (tertiary/aromatic N) is 4. The van der Waals surface area contributed by atoms with E-state index in [-0.39, 0.29) is 23.0 Å². The van der Waals surface area contributed by atoms with Gasteiger partial charge in [-0.2, -0.15) is 18.3 Å². The molecule has 0 radical (unpaired) electrons. The lowest BCUT2D eigenvalue weighted by Crippen LogP contribution is -2.35. The van der Waals surface area contributed by atoms with E-state index < -0.39 is 30.1 Å². The van der Waals surface area contributed by atoms with Crippen LogP contribution in [0.1, 0.15) is 69.0 Å². The second kappa shape index (κ2) is 8.67. The van der Waals surface area contributed by atoms with Crippen molar-refractivity contribution < 1.29 is 32.2 Å². The Morgan fingerprint density at radius 1 is 1.22 bits per heavy atom. The molecule has 194 valence electrons. The average molecular weight is 508 g/mol. The van der Waals surface area contributed by atoms with Gasteiger partial charge in [0.2, 0.25) is 6.10 Å². The van der Waals surface area contributed by atoms with Crippen LogP contribution >= 0.6 is 0 Å². The molecule has 2 atom stereocenters. The number of carbonyl (C=O) groups is 2. The zero-order chi connectivity index (χ0) is 25.8. The highest BCUT2D eigenvalue weighted by Gasteiger charge is 2.49. The number of cyclic esters (lactones) is 1. The van der Waals surface area contributed by atoms with Gasteiger partial charge in [-0.3, -0.25) is 10.00 Å². The summed E-state index contributed by atoms with van der Waals surface area (Å²) in [5.41, 5.74) is 1.68. The van der Waals surface area contributed by atoms with E-state index in [4.69, 9.17) is 9.84 Å². The molecule has 3 aliphatic rings. The smallest absolute Gasteiger partial charge is 0.430 e. The third-order valence-electron chi connectivity index (χ3n) is 6.62. The molecular weight excluding hydrogens is 479 g/mol. The van der Waals surface area contributed by atoms with Crippen LogP contribution in [0.25, 0.3) is 11.3 Å². The van der Waals surface area contributed by atoms with Gasteiger partial charge in [0.25, 0.3) is 0 Å². The number of amides is 2. The topological polar surface area (TPSA) is 98.6 Å². The number of hydrogen-bond acceptors (Lipinski definition) is 6. The first-order valence-electron chi connectivity index (χ1n) is 12.0. The molecule has 0 spiro atoms. The molecule has 4 heterocycles. The van der Waals surface area contributed by atoms with Crippen LogP contribution < -0.4 is 5.32 Å². The number of anilines is 1. The van der Waals surface area contributed by atoms with E-state index in [1.807, 2.05) is 25.5 Å². The van der Waals surface area contributed by atoms with Gasteiger partial charge < -0.3 is 14.4 Å². The molecule has 0 aromatic carbocycles. The van der Waals surface area contributed by atoms with Gasteiger partial charge in [-0.15, -0.1) is 0 Å². The van der Waals surface area contributed by atoms with Crippen molar-refractivity contribution in [2.75, 3.05) is 18.4 Å². The Morgan fingerprint density at radius 3 is 2.69 bits per heavy atom. The van der Waals surface area contributed by atoms with Crippen LogP contribution in [0.2, 0.25) is 0 Å². The summed E-state index contributed by atoms with van der Waals surface area (Å²) < 4.78 is 53.8. The summed E-state index contributed by atoms with van der Waals surface area (Å²) in [5, 5.41) is 7.12. The first kappa shape index (κ1) is 24.4. The lowest BCUT2D eigenvalue weighted by atomic mass is 9.90. The second-order valence-corrected chi connectivity index (χ2v) is 10.4. The Morgan fingerprint density at radius 2 is 1.97 bits per heavy atom. The summed E-state index contributed by atoms with van der Waals surface area (Å²) in [6, 6.07) is 1.37. The van der Waals surface area contributed by atoms with Gasteiger partial charge in [0.05, 0.1) is 17.3 Å². The minimum atomic E-state index is -4.81. The molecule has 0 unspecified atom stereocenters. The highest BCUT2D eigenvalue weighted by Crippen LogP contribution is 2.47. The quantitative estimate of drug-likeness (QED) is 0.602. The molecule has 2 aromatic rings. The zero-order valence-corrected chi connectivity index (χ0v) is 20.3. The largest absolute Gasteiger partial charge is 0.444 e. The van der Waals surface area contributed by atoms with Crippen LogP contribution in [0.5, 0.6) is 0 Å². The molecule has 2 aliphatic heterocycles. The highest BCUT2D eigenvalue weighted by molar-refractivity contribution is 5.89. The third kappa shape index (κ3) is 4.48. The van der Waals surface area contributed by atoms with Crippen molar-refractivity contribution in [2.45, 2.75) is 76.8 Å². The molecule has 5 rings (SSSR count). The second-order valence-electron chi connectivity index (χ2n) is 10.4. The van der Waals surface area contributed by atoms with Crippen LogP contribution in [-0.2, 0) is 22.3 Å². The number of halogens is 3. The Bertz CT molecular complexity index is 1200. The van der Waals surface area contributed by atoms with Crippen molar-refractivity contribution in [3.63, 3.8) is 0 Å². The average Bonchev–Trinajstić information content (AvgIpc) is 3.41. The van der Waals surface area contributed by atoms with Crippen LogP contribution in [0, 0.1) is 0 Å². The molecule has 1 aliphatic carbocycles. The summed E-state index contributed by atoms with van der Waals surface area (Å²) in [5.74, 6) is -0.179. The van der Waals surface area contributed by atoms with Gasteiger partial charge in [-0.05, 0) is 58.9 Å². The maximum atomic E-state index is 13.9. The predicted molar refractivity (Wildman–Crippen MR) is 122 cm³/mol. The molecule has 36 heavy (non-hydrogen) atoms. The summed E-state index contributed by atoms with van der Waals surface area (Å²) >= 11 is 0. The first-order chi connectivity index (χ1) is 16.9. The Balaban J connectivity index is 1.54. The summed E-state index contributed by atoms with van der Waals surface area (Å²) in [7, 11) is 0. The standard InChI is InChI=1S/C24H28F3N5O4/c1-23(2,3)36-22(34)31-11-9-13(12-31)32-16-7-5-4-6-14(16)18(30-32)15-8-10-28-20-17(15)19(24(25,26)27)35-21(33)29-20/h8,10,13,19H,4-7,9,11-12H2,1-3H3,(H,28,29,33)/t13-,19+/m0/s1. The summed E-state index contributed by atoms with van der Waals surface area (Å²) in [6.45, 7) is 6.34. The summed E-state index contributed by atoms with van der Waals surface area (Å²) in [6.07, 6.45) is -3.57. The minimum absolute atomic E-state index is 0.120. The van der Waals surface area contributed by atoms with Crippen molar-refractivity contribution in [3.8, 4) is 11.3 Å². The molecule has 1 saturated heterocycles. The fourth-order valence-corrected chi connectivity index (χ4v) is 5.15. The maximum absolute atomic E-state index is 13.9. The molecule has 9 nitrogen and oxygen atoms in total. The number of aromatic nitrogens is 3. The van der Waals surface area contributed by atoms with Crippen LogP contribution in [0.4, 0.5) is 28.6 Å². The maximum Gasteiger partial charge on any atom is 0.430 e. The zero-order valence-electron chi connectivity index (χ0n) is 20.3. The molecule has 2 aromatic heterocycles. The molecule has 2 amide bonds. The van der Waals surface area contributed by atoms with E-state index in [1.54, 1.807) is 4.90 Å². The van der Waals surface area contributed by atoms with E-state index in [0.29, 0.717) is 31.6 Å². The van der Waals surface area contributed by atoms with E-state index in [1.165, 1.54) is 12.3 Å². The number of carbonyl (C=O) groups excluding carboxylic acids is 2. The van der Waals surface area contributed by atoms with Crippen LogP contribution in [-0.4, -0.2) is 56.7 Å². The van der Waals surface area contributed by atoms with Gasteiger partial charge in [-0.25, -0.2) is 14.6 Å². The number of ether oxygens (including phenoxy) is 2. The fraction of sp³-hybridized carbons (Fsp3) is 0.583. The van der Waals surface area contributed by atoms with Crippen molar-refractivity contribution >= 4 is 18.0 Å². The molecule has 0 bridgehead atoms.